The van der Waals surface area contributed by atoms with Crippen LogP contribution in [-0.4, -0.2) is 37.1 Å². The lowest BCUT2D eigenvalue weighted by Crippen LogP contribution is -2.43. The summed E-state index contributed by atoms with van der Waals surface area (Å²) in [5, 5.41) is 3.61. The Morgan fingerprint density at radius 1 is 1.12 bits per heavy atom. The molecule has 2 heteroatoms. The van der Waals surface area contributed by atoms with Crippen LogP contribution in [0.15, 0.2) is 0 Å². The van der Waals surface area contributed by atoms with Crippen molar-refractivity contribution in [2.75, 3.05) is 20.1 Å². The van der Waals surface area contributed by atoms with E-state index in [9.17, 15) is 0 Å². The minimum absolute atomic E-state index is 0.365. The van der Waals surface area contributed by atoms with Crippen molar-refractivity contribution in [3.8, 4) is 0 Å². The normalized spacial score (nSPS) is 14.8. The van der Waals surface area contributed by atoms with E-state index in [-0.39, 0.29) is 0 Å². The Hall–Kier alpha value is -0.0800. The highest BCUT2D eigenvalue weighted by atomic mass is 15.1. The molecule has 16 heavy (non-hydrogen) atoms. The number of likely N-dealkylation sites (N-methyl/N-ethyl adjacent to an activating group) is 1. The van der Waals surface area contributed by atoms with E-state index in [1.807, 2.05) is 0 Å². The van der Waals surface area contributed by atoms with Crippen molar-refractivity contribution in [1.29, 1.82) is 0 Å². The van der Waals surface area contributed by atoms with Crippen LogP contribution in [0.25, 0.3) is 0 Å². The van der Waals surface area contributed by atoms with Gasteiger partial charge in [0, 0.05) is 25.2 Å². The van der Waals surface area contributed by atoms with Crippen molar-refractivity contribution in [3.63, 3.8) is 0 Å². The van der Waals surface area contributed by atoms with Gasteiger partial charge in [-0.2, -0.15) is 0 Å². The molecule has 0 aromatic heterocycles. The fraction of sp³-hybridized carbons (Fsp3) is 1.00. The average Bonchev–Trinajstić information content (AvgIpc) is 2.21. The van der Waals surface area contributed by atoms with Crippen molar-refractivity contribution in [1.82, 2.24) is 10.2 Å². The van der Waals surface area contributed by atoms with Crippen LogP contribution in [0.1, 0.15) is 54.4 Å². The summed E-state index contributed by atoms with van der Waals surface area (Å²) in [6, 6.07) is 1.31. The molecule has 0 aromatic rings. The topological polar surface area (TPSA) is 15.3 Å². The lowest BCUT2D eigenvalue weighted by molar-refractivity contribution is 0.140. The van der Waals surface area contributed by atoms with Gasteiger partial charge in [0.1, 0.15) is 0 Å². The monoisotopic (exact) mass is 228 g/mol. The lowest BCUT2D eigenvalue weighted by Gasteiger charge is -2.35. The number of hydrogen-bond donors (Lipinski definition) is 1. The first-order chi connectivity index (χ1) is 7.32. The van der Waals surface area contributed by atoms with E-state index in [4.69, 9.17) is 0 Å². The molecule has 0 aromatic carbocycles. The first kappa shape index (κ1) is 15.9. The number of rotatable bonds is 7. The first-order valence-corrected chi connectivity index (χ1v) is 6.76. The molecule has 0 aliphatic carbocycles. The minimum Gasteiger partial charge on any atom is -0.313 e. The van der Waals surface area contributed by atoms with E-state index in [0.29, 0.717) is 17.5 Å². The SMILES string of the molecule is CCC(CC)NCCN(C)C(C)C(C)(C)C. The standard InChI is InChI=1S/C14H32N2/c1-8-13(9-2)15-10-11-16(7)12(3)14(4,5)6/h12-13,15H,8-11H2,1-7H3. The molecule has 98 valence electrons. The predicted molar refractivity (Wildman–Crippen MR) is 73.9 cm³/mol. The van der Waals surface area contributed by atoms with Gasteiger partial charge in [0.25, 0.3) is 0 Å². The number of nitrogens with zero attached hydrogens (tertiary/aromatic N) is 1. The molecule has 0 aliphatic rings. The van der Waals surface area contributed by atoms with E-state index in [0.717, 1.165) is 13.1 Å². The summed E-state index contributed by atoms with van der Waals surface area (Å²) in [6.45, 7) is 16.0. The summed E-state index contributed by atoms with van der Waals surface area (Å²) >= 11 is 0. The molecule has 0 radical (unpaired) electrons. The molecule has 0 rings (SSSR count). The van der Waals surface area contributed by atoms with Crippen molar-refractivity contribution in [2.45, 2.75) is 66.5 Å². The van der Waals surface area contributed by atoms with Gasteiger partial charge in [-0.25, -0.2) is 0 Å². The molecule has 0 saturated carbocycles. The largest absolute Gasteiger partial charge is 0.313 e. The lowest BCUT2D eigenvalue weighted by atomic mass is 9.87. The number of hydrogen-bond acceptors (Lipinski definition) is 2. The van der Waals surface area contributed by atoms with Gasteiger partial charge >= 0.3 is 0 Å². The molecule has 1 unspecified atom stereocenters. The average molecular weight is 228 g/mol. The maximum Gasteiger partial charge on any atom is 0.0113 e. The van der Waals surface area contributed by atoms with Gasteiger partial charge in [-0.3, -0.25) is 0 Å². The van der Waals surface area contributed by atoms with E-state index in [2.05, 4.69) is 58.8 Å². The van der Waals surface area contributed by atoms with Crippen molar-refractivity contribution >= 4 is 0 Å². The van der Waals surface area contributed by atoms with Gasteiger partial charge in [0.15, 0.2) is 0 Å². The zero-order valence-electron chi connectivity index (χ0n) is 12.4. The van der Waals surface area contributed by atoms with Crippen LogP contribution < -0.4 is 5.32 Å². The van der Waals surface area contributed by atoms with Crippen LogP contribution in [0.2, 0.25) is 0 Å². The molecule has 0 fully saturated rings. The third kappa shape index (κ3) is 5.86. The summed E-state index contributed by atoms with van der Waals surface area (Å²) in [4.78, 5) is 2.45. The fourth-order valence-corrected chi connectivity index (χ4v) is 1.88. The van der Waals surface area contributed by atoms with Crippen LogP contribution in [0.4, 0.5) is 0 Å². The molecule has 2 nitrogen and oxygen atoms in total. The maximum atomic E-state index is 3.61. The Bertz CT molecular complexity index is 168. The smallest absolute Gasteiger partial charge is 0.0113 e. The van der Waals surface area contributed by atoms with Crippen molar-refractivity contribution < 1.29 is 0 Å². The Labute approximate surface area is 103 Å². The van der Waals surface area contributed by atoms with Crippen LogP contribution in [0.3, 0.4) is 0 Å². The molecule has 1 atom stereocenters. The summed E-state index contributed by atoms with van der Waals surface area (Å²) in [5.74, 6) is 0. The molecule has 0 aliphatic heterocycles. The molecule has 0 heterocycles. The van der Waals surface area contributed by atoms with E-state index in [1.54, 1.807) is 0 Å². The van der Waals surface area contributed by atoms with Crippen LogP contribution in [0.5, 0.6) is 0 Å². The highest BCUT2D eigenvalue weighted by Gasteiger charge is 2.23. The second-order valence-electron chi connectivity index (χ2n) is 5.99. The van der Waals surface area contributed by atoms with E-state index < -0.39 is 0 Å². The zero-order valence-corrected chi connectivity index (χ0v) is 12.4. The van der Waals surface area contributed by atoms with Crippen LogP contribution in [-0.2, 0) is 0 Å². The summed E-state index contributed by atoms with van der Waals surface area (Å²) < 4.78 is 0. The maximum absolute atomic E-state index is 3.61. The fourth-order valence-electron chi connectivity index (χ4n) is 1.88. The summed E-state index contributed by atoms with van der Waals surface area (Å²) in [7, 11) is 2.23. The van der Waals surface area contributed by atoms with Gasteiger partial charge in [-0.15, -0.1) is 0 Å². The van der Waals surface area contributed by atoms with E-state index >= 15 is 0 Å². The van der Waals surface area contributed by atoms with Gasteiger partial charge in [0.05, 0.1) is 0 Å². The molecule has 0 spiro atoms. The Morgan fingerprint density at radius 3 is 2.00 bits per heavy atom. The molecule has 0 amide bonds. The molecule has 0 bridgehead atoms. The number of nitrogens with one attached hydrogen (secondary N) is 1. The van der Waals surface area contributed by atoms with Crippen molar-refractivity contribution in [3.05, 3.63) is 0 Å². The molecule has 1 N–H and O–H groups in total. The second-order valence-corrected chi connectivity index (χ2v) is 5.99. The third-order valence-corrected chi connectivity index (χ3v) is 3.80. The van der Waals surface area contributed by atoms with Gasteiger partial charge in [-0.1, -0.05) is 34.6 Å². The molecular weight excluding hydrogens is 196 g/mol. The van der Waals surface area contributed by atoms with Crippen molar-refractivity contribution in [2.24, 2.45) is 5.41 Å². The van der Waals surface area contributed by atoms with Gasteiger partial charge < -0.3 is 10.2 Å². The highest BCUT2D eigenvalue weighted by Crippen LogP contribution is 2.22. The quantitative estimate of drug-likeness (QED) is 0.720. The predicted octanol–water partition coefficient (Wildman–Crippen LogP) is 3.13. The zero-order chi connectivity index (χ0) is 12.8. The third-order valence-electron chi connectivity index (χ3n) is 3.80. The van der Waals surface area contributed by atoms with Crippen LogP contribution >= 0.6 is 0 Å². The Kier molecular flexibility index (Phi) is 7.25. The Morgan fingerprint density at radius 2 is 1.62 bits per heavy atom. The summed E-state index contributed by atoms with van der Waals surface area (Å²) in [5.41, 5.74) is 0.365. The highest BCUT2D eigenvalue weighted by molar-refractivity contribution is 4.78. The molecule has 0 saturated heterocycles. The molecular formula is C14H32N2. The minimum atomic E-state index is 0.365. The van der Waals surface area contributed by atoms with E-state index in [1.165, 1.54) is 12.8 Å². The van der Waals surface area contributed by atoms with Crippen LogP contribution in [0, 0.1) is 5.41 Å². The Balaban J connectivity index is 3.85. The summed E-state index contributed by atoms with van der Waals surface area (Å²) in [6.07, 6.45) is 2.46. The first-order valence-electron chi connectivity index (χ1n) is 6.76. The van der Waals surface area contributed by atoms with Gasteiger partial charge in [-0.05, 0) is 32.2 Å². The van der Waals surface area contributed by atoms with Gasteiger partial charge in [0.2, 0.25) is 0 Å². The second kappa shape index (κ2) is 7.29.